The van der Waals surface area contributed by atoms with Gasteiger partial charge in [-0.05, 0) is 12.1 Å². The number of hydrogen-bond donors (Lipinski definition) is 1. The molecule has 0 saturated carbocycles. The fourth-order valence-corrected chi connectivity index (χ4v) is 1.15. The Labute approximate surface area is 92.3 Å². The van der Waals surface area contributed by atoms with Crippen LogP contribution in [0.25, 0.3) is 0 Å². The van der Waals surface area contributed by atoms with Crippen molar-refractivity contribution in [1.29, 1.82) is 0 Å². The Kier molecular flexibility index (Phi) is 4.22. The van der Waals surface area contributed by atoms with Crippen LogP contribution in [0.2, 0.25) is 0 Å². The van der Waals surface area contributed by atoms with Crippen molar-refractivity contribution < 1.29 is 47.6 Å². The molecule has 6 heteroatoms. The zero-order valence-electron chi connectivity index (χ0n) is 6.39. The minimum Gasteiger partial charge on any atom is -0.872 e. The second kappa shape index (κ2) is 4.25. The van der Waals surface area contributed by atoms with E-state index in [-0.39, 0.29) is 34.5 Å². The van der Waals surface area contributed by atoms with Gasteiger partial charge in [0.1, 0.15) is 0 Å². The standard InChI is InChI=1S/C6H6O4S.Na/c7-5-2-1-3-6(4-5)11(8,9)10;/h1-4,7H,(H,8,9,10);/q;+1/p-1. The van der Waals surface area contributed by atoms with Gasteiger partial charge in [0.2, 0.25) is 0 Å². The third-order valence-electron chi connectivity index (χ3n) is 1.10. The Morgan fingerprint density at radius 3 is 2.25 bits per heavy atom. The van der Waals surface area contributed by atoms with E-state index in [9.17, 15) is 13.5 Å². The number of benzene rings is 1. The molecule has 0 aliphatic rings. The molecule has 1 N–H and O–H groups in total. The van der Waals surface area contributed by atoms with Crippen LogP contribution in [0.1, 0.15) is 0 Å². The second-order valence-corrected chi connectivity index (χ2v) is 3.37. The molecule has 1 aromatic carbocycles. The smallest absolute Gasteiger partial charge is 0.872 e. The maximum Gasteiger partial charge on any atom is 1.00 e. The van der Waals surface area contributed by atoms with Crippen LogP contribution in [0.15, 0.2) is 29.2 Å². The van der Waals surface area contributed by atoms with Crippen molar-refractivity contribution in [1.82, 2.24) is 0 Å². The van der Waals surface area contributed by atoms with Gasteiger partial charge in [-0.2, -0.15) is 8.42 Å². The van der Waals surface area contributed by atoms with Crippen LogP contribution in [0.4, 0.5) is 0 Å². The first kappa shape index (κ1) is 11.9. The first-order chi connectivity index (χ1) is 5.00. The monoisotopic (exact) mass is 196 g/mol. The third kappa shape index (κ3) is 3.12. The van der Waals surface area contributed by atoms with Gasteiger partial charge in [-0.1, -0.05) is 12.1 Å². The van der Waals surface area contributed by atoms with Crippen molar-refractivity contribution in [3.05, 3.63) is 24.3 Å². The van der Waals surface area contributed by atoms with E-state index in [1.54, 1.807) is 0 Å². The van der Waals surface area contributed by atoms with Gasteiger partial charge in [0, 0.05) is 0 Å². The summed E-state index contributed by atoms with van der Waals surface area (Å²) in [7, 11) is -4.23. The molecule has 0 atom stereocenters. The Balaban J connectivity index is 0.00000121. The minimum atomic E-state index is -4.23. The van der Waals surface area contributed by atoms with E-state index in [1.807, 2.05) is 0 Å². The predicted octanol–water partition coefficient (Wildman–Crippen LogP) is -2.99. The van der Waals surface area contributed by atoms with Gasteiger partial charge in [-0.3, -0.25) is 4.55 Å². The molecule has 0 radical (unpaired) electrons. The van der Waals surface area contributed by atoms with Crippen LogP contribution in [0, 0.1) is 0 Å². The molecule has 4 nitrogen and oxygen atoms in total. The fourth-order valence-electron chi connectivity index (χ4n) is 0.635. The largest absolute Gasteiger partial charge is 1.00 e. The van der Waals surface area contributed by atoms with Crippen LogP contribution in [0.5, 0.6) is 5.75 Å². The van der Waals surface area contributed by atoms with E-state index >= 15 is 0 Å². The van der Waals surface area contributed by atoms with E-state index in [0.717, 1.165) is 12.1 Å². The van der Waals surface area contributed by atoms with Crippen molar-refractivity contribution >= 4 is 10.1 Å². The molecular weight excluding hydrogens is 191 g/mol. The summed E-state index contributed by atoms with van der Waals surface area (Å²) in [6.07, 6.45) is 0. The first-order valence-corrected chi connectivity index (χ1v) is 4.19. The predicted molar refractivity (Wildman–Crippen MR) is 35.7 cm³/mol. The SMILES string of the molecule is O=S(=O)(O)c1cccc([O-])c1.[Na+]. The molecule has 0 heterocycles. The van der Waals surface area contributed by atoms with Gasteiger partial charge in [0.05, 0.1) is 4.90 Å². The summed E-state index contributed by atoms with van der Waals surface area (Å²) in [6, 6.07) is 4.48. The molecule has 0 aliphatic heterocycles. The molecule has 1 rings (SSSR count). The number of hydrogen-bond acceptors (Lipinski definition) is 3. The molecule has 0 aliphatic carbocycles. The Morgan fingerprint density at radius 1 is 1.33 bits per heavy atom. The molecule has 60 valence electrons. The van der Waals surface area contributed by atoms with E-state index in [0.29, 0.717) is 0 Å². The Hall–Kier alpha value is -0.0700. The zero-order valence-corrected chi connectivity index (χ0v) is 9.21. The van der Waals surface area contributed by atoms with Crippen molar-refractivity contribution in [2.24, 2.45) is 0 Å². The van der Waals surface area contributed by atoms with Crippen LogP contribution in [0.3, 0.4) is 0 Å². The Bertz CT molecular complexity index is 360. The summed E-state index contributed by atoms with van der Waals surface area (Å²) < 4.78 is 29.3. The maximum absolute atomic E-state index is 10.6. The summed E-state index contributed by atoms with van der Waals surface area (Å²) in [6.45, 7) is 0. The van der Waals surface area contributed by atoms with E-state index in [4.69, 9.17) is 4.55 Å². The molecule has 0 fully saturated rings. The van der Waals surface area contributed by atoms with Crippen molar-refractivity contribution in [2.45, 2.75) is 4.90 Å². The van der Waals surface area contributed by atoms with Gasteiger partial charge in [-0.25, -0.2) is 0 Å². The van der Waals surface area contributed by atoms with Gasteiger partial charge in [0.15, 0.2) is 0 Å². The van der Waals surface area contributed by atoms with E-state index in [2.05, 4.69) is 0 Å². The van der Waals surface area contributed by atoms with Gasteiger partial charge in [0.25, 0.3) is 10.1 Å². The topological polar surface area (TPSA) is 77.4 Å². The van der Waals surface area contributed by atoms with Crippen LogP contribution >= 0.6 is 0 Å². The summed E-state index contributed by atoms with van der Waals surface area (Å²) >= 11 is 0. The second-order valence-electron chi connectivity index (χ2n) is 1.95. The van der Waals surface area contributed by atoms with Crippen LogP contribution < -0.4 is 34.7 Å². The summed E-state index contributed by atoms with van der Waals surface area (Å²) in [5, 5.41) is 10.6. The molecule has 0 saturated heterocycles. The van der Waals surface area contributed by atoms with Gasteiger partial charge < -0.3 is 5.11 Å². The molecule has 0 unspecified atom stereocenters. The van der Waals surface area contributed by atoms with Crippen molar-refractivity contribution in [3.63, 3.8) is 0 Å². The minimum absolute atomic E-state index is 0. The molecule has 0 aromatic heterocycles. The summed E-state index contributed by atoms with van der Waals surface area (Å²) in [5.41, 5.74) is 0. The van der Waals surface area contributed by atoms with Crippen molar-refractivity contribution in [3.8, 4) is 5.75 Å². The van der Waals surface area contributed by atoms with E-state index < -0.39 is 15.9 Å². The van der Waals surface area contributed by atoms with Crippen LogP contribution in [-0.4, -0.2) is 13.0 Å². The van der Waals surface area contributed by atoms with E-state index in [1.165, 1.54) is 12.1 Å². The van der Waals surface area contributed by atoms with Gasteiger partial charge in [-0.15, -0.1) is 5.75 Å². The first-order valence-electron chi connectivity index (χ1n) is 2.75. The summed E-state index contributed by atoms with van der Waals surface area (Å²) in [4.78, 5) is -0.370. The van der Waals surface area contributed by atoms with Crippen molar-refractivity contribution in [2.75, 3.05) is 0 Å². The zero-order chi connectivity index (χ0) is 8.48. The normalized spacial score (nSPS) is 10.4. The molecule has 0 amide bonds. The molecular formula is C6H5NaO4S. The molecule has 1 aromatic rings. The average Bonchev–Trinajstić information content (AvgIpc) is 1.86. The van der Waals surface area contributed by atoms with Crippen LogP contribution in [-0.2, 0) is 10.1 Å². The average molecular weight is 196 g/mol. The molecule has 0 spiro atoms. The third-order valence-corrected chi connectivity index (χ3v) is 1.95. The summed E-state index contributed by atoms with van der Waals surface area (Å²) in [5.74, 6) is -0.444. The van der Waals surface area contributed by atoms with Gasteiger partial charge >= 0.3 is 29.6 Å². The number of rotatable bonds is 1. The Morgan fingerprint density at radius 2 is 1.92 bits per heavy atom. The maximum atomic E-state index is 10.6. The molecule has 12 heavy (non-hydrogen) atoms. The molecule has 0 bridgehead atoms. The quantitative estimate of drug-likeness (QED) is 0.384. The fraction of sp³-hybridized carbons (Fsp3) is 0.